The van der Waals surface area contributed by atoms with Crippen LogP contribution in [0.2, 0.25) is 5.02 Å². The maximum Gasteiger partial charge on any atom is 0.141 e. The highest BCUT2D eigenvalue weighted by molar-refractivity contribution is 6.30. The lowest BCUT2D eigenvalue weighted by Crippen LogP contribution is -2.04. The molecule has 0 amide bonds. The lowest BCUT2D eigenvalue weighted by Gasteiger charge is -2.08. The van der Waals surface area contributed by atoms with Crippen LogP contribution in [-0.2, 0) is 12.4 Å². The Morgan fingerprint density at radius 1 is 1.10 bits per heavy atom. The van der Waals surface area contributed by atoms with E-state index in [0.29, 0.717) is 17.9 Å². The van der Waals surface area contributed by atoms with Crippen LogP contribution >= 0.6 is 23.2 Å². The maximum atomic E-state index is 13.3. The van der Waals surface area contributed by atoms with Crippen LogP contribution in [0.25, 0.3) is 11.0 Å². The van der Waals surface area contributed by atoms with Gasteiger partial charge in [-0.3, -0.25) is 0 Å². The predicted molar refractivity (Wildman–Crippen MR) is 79.8 cm³/mol. The molecule has 3 rings (SSSR count). The van der Waals surface area contributed by atoms with E-state index < -0.39 is 5.82 Å². The molecular formula is C15H10Cl2F2N2. The van der Waals surface area contributed by atoms with Gasteiger partial charge < -0.3 is 4.57 Å². The summed E-state index contributed by atoms with van der Waals surface area (Å²) in [7, 11) is 0. The van der Waals surface area contributed by atoms with Gasteiger partial charge in [-0.1, -0.05) is 17.7 Å². The highest BCUT2D eigenvalue weighted by atomic mass is 35.5. The van der Waals surface area contributed by atoms with Crippen molar-refractivity contribution in [3.63, 3.8) is 0 Å². The van der Waals surface area contributed by atoms with Crippen LogP contribution in [-0.4, -0.2) is 9.55 Å². The summed E-state index contributed by atoms with van der Waals surface area (Å²) in [4.78, 5) is 4.31. The molecule has 2 nitrogen and oxygen atoms in total. The molecule has 1 aromatic heterocycles. The molecule has 3 aromatic rings. The summed E-state index contributed by atoms with van der Waals surface area (Å²) >= 11 is 11.7. The Bertz CT molecular complexity index is 815. The largest absolute Gasteiger partial charge is 0.322 e. The van der Waals surface area contributed by atoms with Crippen molar-refractivity contribution >= 4 is 34.2 Å². The van der Waals surface area contributed by atoms with Gasteiger partial charge in [0.2, 0.25) is 0 Å². The molecule has 0 saturated heterocycles. The van der Waals surface area contributed by atoms with Gasteiger partial charge in [-0.25, -0.2) is 13.8 Å². The van der Waals surface area contributed by atoms with Crippen LogP contribution in [0.3, 0.4) is 0 Å². The summed E-state index contributed by atoms with van der Waals surface area (Å²) in [5, 5.41) is 0.0652. The van der Waals surface area contributed by atoms with Crippen LogP contribution < -0.4 is 0 Å². The smallest absolute Gasteiger partial charge is 0.141 e. The van der Waals surface area contributed by atoms with Gasteiger partial charge in [-0.2, -0.15) is 0 Å². The van der Waals surface area contributed by atoms with Gasteiger partial charge in [0.05, 0.1) is 21.9 Å². The number of fused-ring (bicyclic) bond motifs is 1. The number of alkyl halides is 1. The number of aromatic nitrogens is 2. The first-order valence-electron chi connectivity index (χ1n) is 6.23. The van der Waals surface area contributed by atoms with Crippen molar-refractivity contribution in [1.82, 2.24) is 9.55 Å². The number of imidazole rings is 1. The average Bonchev–Trinajstić information content (AvgIpc) is 2.80. The Morgan fingerprint density at radius 3 is 2.62 bits per heavy atom. The number of hydrogen-bond acceptors (Lipinski definition) is 1. The van der Waals surface area contributed by atoms with Gasteiger partial charge in [0.1, 0.15) is 17.5 Å². The zero-order valence-electron chi connectivity index (χ0n) is 10.8. The van der Waals surface area contributed by atoms with E-state index >= 15 is 0 Å². The summed E-state index contributed by atoms with van der Waals surface area (Å²) in [5.74, 6) is 0.0111. The maximum absolute atomic E-state index is 13.3. The van der Waals surface area contributed by atoms with Crippen molar-refractivity contribution < 1.29 is 8.78 Å². The summed E-state index contributed by atoms with van der Waals surface area (Å²) in [6, 6.07) is 8.91. The quantitative estimate of drug-likeness (QED) is 0.635. The van der Waals surface area contributed by atoms with Crippen LogP contribution in [0.15, 0.2) is 36.4 Å². The second-order valence-corrected chi connectivity index (χ2v) is 5.30. The lowest BCUT2D eigenvalue weighted by molar-refractivity contribution is 0.626. The van der Waals surface area contributed by atoms with Gasteiger partial charge >= 0.3 is 0 Å². The second kappa shape index (κ2) is 5.62. The molecule has 0 saturated carbocycles. The van der Waals surface area contributed by atoms with E-state index in [1.165, 1.54) is 18.2 Å². The van der Waals surface area contributed by atoms with E-state index in [-0.39, 0.29) is 16.7 Å². The van der Waals surface area contributed by atoms with Gasteiger partial charge in [0, 0.05) is 12.6 Å². The summed E-state index contributed by atoms with van der Waals surface area (Å²) in [6.45, 7) is 0.435. The van der Waals surface area contributed by atoms with Crippen LogP contribution in [0.5, 0.6) is 0 Å². The van der Waals surface area contributed by atoms with Gasteiger partial charge in [0.15, 0.2) is 0 Å². The standard InChI is InChI=1S/C15H10Cl2F2N2/c16-7-15-20-13-6-10(18)2-4-14(13)21(15)8-9-1-3-12(19)11(17)5-9/h1-6H,7-8H2. The van der Waals surface area contributed by atoms with Crippen molar-refractivity contribution in [3.05, 3.63) is 64.4 Å². The summed E-state index contributed by atoms with van der Waals surface area (Å²) in [6.07, 6.45) is 0. The highest BCUT2D eigenvalue weighted by Gasteiger charge is 2.12. The van der Waals surface area contributed by atoms with Gasteiger partial charge in [0.25, 0.3) is 0 Å². The first kappa shape index (κ1) is 14.3. The first-order valence-corrected chi connectivity index (χ1v) is 7.14. The molecule has 0 fully saturated rings. The Kier molecular flexibility index (Phi) is 3.83. The van der Waals surface area contributed by atoms with E-state index in [2.05, 4.69) is 4.98 Å². The average molecular weight is 327 g/mol. The molecule has 0 radical (unpaired) electrons. The minimum absolute atomic E-state index is 0.0652. The number of halogens is 4. The Morgan fingerprint density at radius 2 is 1.90 bits per heavy atom. The topological polar surface area (TPSA) is 17.8 Å². The molecule has 0 atom stereocenters. The molecule has 0 bridgehead atoms. The SMILES string of the molecule is Fc1ccc2c(c1)nc(CCl)n2Cc1ccc(F)c(Cl)c1. The van der Waals surface area contributed by atoms with E-state index in [4.69, 9.17) is 23.2 Å². The summed E-state index contributed by atoms with van der Waals surface area (Å²) in [5.41, 5.74) is 2.13. The Labute approximate surface area is 129 Å². The third-order valence-electron chi connectivity index (χ3n) is 3.23. The number of rotatable bonds is 3. The number of nitrogens with zero attached hydrogens (tertiary/aromatic N) is 2. The van der Waals surface area contributed by atoms with Crippen molar-refractivity contribution in [3.8, 4) is 0 Å². The number of benzene rings is 2. The van der Waals surface area contributed by atoms with Crippen LogP contribution in [0.1, 0.15) is 11.4 Å². The van der Waals surface area contributed by atoms with E-state index in [1.54, 1.807) is 18.2 Å². The zero-order chi connectivity index (χ0) is 15.0. The van der Waals surface area contributed by atoms with Crippen molar-refractivity contribution in [2.45, 2.75) is 12.4 Å². The van der Waals surface area contributed by atoms with Crippen LogP contribution in [0.4, 0.5) is 8.78 Å². The first-order chi connectivity index (χ1) is 10.1. The molecule has 0 aliphatic rings. The van der Waals surface area contributed by atoms with Gasteiger partial charge in [-0.15, -0.1) is 11.6 Å². The van der Waals surface area contributed by atoms with Gasteiger partial charge in [-0.05, 0) is 29.8 Å². The Hall–Kier alpha value is -1.65. The molecule has 2 aromatic carbocycles. The zero-order valence-corrected chi connectivity index (χ0v) is 12.3. The van der Waals surface area contributed by atoms with Crippen molar-refractivity contribution in [1.29, 1.82) is 0 Å². The number of hydrogen-bond donors (Lipinski definition) is 0. The highest BCUT2D eigenvalue weighted by Crippen LogP contribution is 2.22. The molecule has 21 heavy (non-hydrogen) atoms. The van der Waals surface area contributed by atoms with E-state index in [1.807, 2.05) is 4.57 Å². The van der Waals surface area contributed by atoms with Crippen molar-refractivity contribution in [2.75, 3.05) is 0 Å². The molecule has 0 aliphatic carbocycles. The molecule has 0 spiro atoms. The molecule has 0 unspecified atom stereocenters. The monoisotopic (exact) mass is 326 g/mol. The second-order valence-electron chi connectivity index (χ2n) is 4.63. The minimum atomic E-state index is -0.462. The fourth-order valence-electron chi connectivity index (χ4n) is 2.25. The minimum Gasteiger partial charge on any atom is -0.322 e. The molecule has 0 aliphatic heterocycles. The fourth-order valence-corrected chi connectivity index (χ4v) is 2.66. The van der Waals surface area contributed by atoms with Crippen LogP contribution in [0, 0.1) is 11.6 Å². The molecular weight excluding hydrogens is 317 g/mol. The fraction of sp³-hybridized carbons (Fsp3) is 0.133. The third kappa shape index (κ3) is 2.74. The summed E-state index contributed by atoms with van der Waals surface area (Å²) < 4.78 is 28.3. The molecule has 108 valence electrons. The Balaban J connectivity index is 2.08. The molecule has 1 heterocycles. The van der Waals surface area contributed by atoms with Crippen molar-refractivity contribution in [2.24, 2.45) is 0 Å². The molecule has 0 N–H and O–H groups in total. The van der Waals surface area contributed by atoms with E-state index in [9.17, 15) is 8.78 Å². The normalized spacial score (nSPS) is 11.2. The predicted octanol–water partition coefficient (Wildman–Crippen LogP) is 4.76. The lowest BCUT2D eigenvalue weighted by atomic mass is 10.2. The van der Waals surface area contributed by atoms with E-state index in [0.717, 1.165) is 11.1 Å². The molecule has 6 heteroatoms. The third-order valence-corrected chi connectivity index (χ3v) is 3.76.